The molecule has 202 valence electrons. The molecule has 0 aliphatic heterocycles. The summed E-state index contributed by atoms with van der Waals surface area (Å²) in [6.45, 7) is 8.21. The number of aryl methyl sites for hydroxylation is 1. The van der Waals surface area contributed by atoms with E-state index in [1.165, 1.54) is 29.8 Å². The fourth-order valence-electron chi connectivity index (χ4n) is 4.47. The number of aromatic nitrogens is 1. The van der Waals surface area contributed by atoms with Crippen molar-refractivity contribution in [3.05, 3.63) is 57.2 Å². The Bertz CT molecular complexity index is 1610. The minimum atomic E-state index is -4.12. The smallest absolute Gasteiger partial charge is 0.341 e. The number of hydrogen-bond donors (Lipinski definition) is 1. The van der Waals surface area contributed by atoms with Crippen LogP contribution in [0.2, 0.25) is 0 Å². The Morgan fingerprint density at radius 1 is 1.26 bits per heavy atom. The van der Waals surface area contributed by atoms with E-state index < -0.39 is 39.1 Å². The molecule has 0 bridgehead atoms. The van der Waals surface area contributed by atoms with Crippen LogP contribution in [0.1, 0.15) is 39.7 Å². The molecule has 1 N–H and O–H groups in total. The van der Waals surface area contributed by atoms with Gasteiger partial charge in [-0.25, -0.2) is 13.2 Å². The number of fused-ring (bicyclic) bond motifs is 2. The van der Waals surface area contributed by atoms with Crippen molar-refractivity contribution in [2.24, 2.45) is 10.9 Å². The molecule has 0 saturated heterocycles. The number of amides is 2. The Hall–Kier alpha value is -3.09. The molecular formula is C26H29N3O6S3. The molecule has 3 aromatic rings. The van der Waals surface area contributed by atoms with E-state index in [4.69, 9.17) is 4.74 Å². The quantitative estimate of drug-likeness (QED) is 0.323. The van der Waals surface area contributed by atoms with Gasteiger partial charge >= 0.3 is 5.97 Å². The van der Waals surface area contributed by atoms with Crippen molar-refractivity contribution in [3.63, 3.8) is 0 Å². The number of esters is 1. The molecule has 1 aliphatic rings. The van der Waals surface area contributed by atoms with E-state index in [-0.39, 0.29) is 10.6 Å². The molecule has 0 fully saturated rings. The highest BCUT2D eigenvalue weighted by Gasteiger charge is 2.30. The van der Waals surface area contributed by atoms with Gasteiger partial charge in [-0.15, -0.1) is 17.9 Å². The minimum Gasteiger partial charge on any atom is -0.465 e. The van der Waals surface area contributed by atoms with E-state index in [0.717, 1.165) is 39.1 Å². The Morgan fingerprint density at radius 2 is 2.03 bits per heavy atom. The van der Waals surface area contributed by atoms with Crippen molar-refractivity contribution in [1.29, 1.82) is 0 Å². The molecule has 38 heavy (non-hydrogen) atoms. The fourth-order valence-corrected chi connectivity index (χ4v) is 8.05. The summed E-state index contributed by atoms with van der Waals surface area (Å²) in [6, 6.07) is 5.83. The second-order valence-electron chi connectivity index (χ2n) is 9.39. The molecule has 0 saturated carbocycles. The molecule has 12 heteroatoms. The third-order valence-electron chi connectivity index (χ3n) is 6.22. The molecular weight excluding hydrogens is 547 g/mol. The Balaban J connectivity index is 1.51. The van der Waals surface area contributed by atoms with Gasteiger partial charge in [0.1, 0.15) is 16.5 Å². The molecule has 4 rings (SSSR count). The first-order valence-corrected chi connectivity index (χ1v) is 15.5. The van der Waals surface area contributed by atoms with Crippen LogP contribution in [0.15, 0.2) is 35.8 Å². The number of carbonyl (C=O) groups excluding carboxylic acids is 3. The number of carbonyl (C=O) groups is 3. The monoisotopic (exact) mass is 575 g/mol. The van der Waals surface area contributed by atoms with Gasteiger partial charge in [0.15, 0.2) is 14.6 Å². The number of thiazole rings is 1. The third-order valence-corrected chi connectivity index (χ3v) is 9.82. The van der Waals surface area contributed by atoms with Gasteiger partial charge in [0.25, 0.3) is 5.91 Å². The summed E-state index contributed by atoms with van der Waals surface area (Å²) >= 11 is 2.54. The summed E-state index contributed by atoms with van der Waals surface area (Å²) in [5, 5.41) is 2.85. The number of nitrogens with zero attached hydrogens (tertiary/aromatic N) is 2. The first-order chi connectivity index (χ1) is 18.0. The first-order valence-electron chi connectivity index (χ1n) is 12.0. The van der Waals surface area contributed by atoms with Gasteiger partial charge in [-0.2, -0.15) is 4.99 Å². The van der Waals surface area contributed by atoms with E-state index in [1.54, 1.807) is 10.6 Å². The number of benzene rings is 1. The zero-order valence-corrected chi connectivity index (χ0v) is 23.9. The van der Waals surface area contributed by atoms with Crippen LogP contribution in [0.5, 0.6) is 0 Å². The maximum atomic E-state index is 12.7. The molecule has 2 amide bonds. The number of ether oxygens (including phenoxy) is 1. The number of nitrogens with one attached hydrogen (secondary N) is 1. The van der Waals surface area contributed by atoms with Crippen molar-refractivity contribution in [2.45, 2.75) is 39.7 Å². The summed E-state index contributed by atoms with van der Waals surface area (Å²) in [7, 11) is -2.86. The largest absolute Gasteiger partial charge is 0.465 e. The number of allylic oxidation sites excluding steroid dienone is 1. The highest BCUT2D eigenvalue weighted by molar-refractivity contribution is 7.92. The lowest BCUT2D eigenvalue weighted by Crippen LogP contribution is -2.28. The van der Waals surface area contributed by atoms with Crippen molar-refractivity contribution in [3.8, 4) is 0 Å². The van der Waals surface area contributed by atoms with Gasteiger partial charge in [0.2, 0.25) is 5.91 Å². The van der Waals surface area contributed by atoms with E-state index in [0.29, 0.717) is 23.7 Å². The van der Waals surface area contributed by atoms with Crippen molar-refractivity contribution < 1.29 is 27.5 Å². The predicted molar refractivity (Wildman–Crippen MR) is 149 cm³/mol. The van der Waals surface area contributed by atoms with Gasteiger partial charge in [-0.3, -0.25) is 9.59 Å². The number of anilines is 1. The SMILES string of the molecule is C=CCn1c(=NC(=O)CS(=O)(=O)CC(=O)Nc2sc3c(c2C(=O)OC)CCC(C)C3)sc2cc(C)ccc21. The summed E-state index contributed by atoms with van der Waals surface area (Å²) in [4.78, 5) is 43.2. The molecule has 0 spiro atoms. The zero-order valence-electron chi connectivity index (χ0n) is 21.4. The maximum Gasteiger partial charge on any atom is 0.341 e. The van der Waals surface area contributed by atoms with E-state index in [1.807, 2.05) is 25.1 Å². The number of sulfone groups is 1. The molecule has 2 aromatic heterocycles. The molecule has 1 aliphatic carbocycles. The number of thiophene rings is 1. The van der Waals surface area contributed by atoms with Crippen LogP contribution in [0.4, 0.5) is 5.00 Å². The second kappa shape index (κ2) is 11.3. The van der Waals surface area contributed by atoms with Gasteiger partial charge < -0.3 is 14.6 Å². The Labute approximate surface area is 228 Å². The molecule has 1 unspecified atom stereocenters. The van der Waals surface area contributed by atoms with Crippen LogP contribution < -0.4 is 10.1 Å². The highest BCUT2D eigenvalue weighted by Crippen LogP contribution is 2.40. The lowest BCUT2D eigenvalue weighted by atomic mass is 9.88. The maximum absolute atomic E-state index is 12.7. The summed E-state index contributed by atoms with van der Waals surface area (Å²) in [5.41, 5.74) is 3.04. The standard InChI is InChI=1S/C26H29N3O6S3/c1-5-10-29-18-9-7-16(3)12-20(18)37-26(29)28-22(31)14-38(33,34)13-21(30)27-24-23(25(32)35-4)17-8-6-15(2)11-19(17)36-24/h5,7,9,12,15H,1,6,8,10-11,13-14H2,2-4H3,(H,27,30). The number of rotatable bonds is 8. The van der Waals surface area contributed by atoms with Crippen LogP contribution in [0.3, 0.4) is 0 Å². The van der Waals surface area contributed by atoms with Crippen LogP contribution in [-0.4, -0.2) is 49.4 Å². The van der Waals surface area contributed by atoms with Crippen molar-refractivity contribution in [2.75, 3.05) is 23.9 Å². The van der Waals surface area contributed by atoms with E-state index in [2.05, 4.69) is 23.8 Å². The van der Waals surface area contributed by atoms with Crippen molar-refractivity contribution >= 4 is 65.5 Å². The number of methoxy groups -OCH3 is 1. The fraction of sp³-hybridized carbons (Fsp3) is 0.385. The predicted octanol–water partition coefficient (Wildman–Crippen LogP) is 3.65. The average molecular weight is 576 g/mol. The van der Waals surface area contributed by atoms with Gasteiger partial charge in [0.05, 0.1) is 22.9 Å². The topological polar surface area (TPSA) is 124 Å². The summed E-state index contributed by atoms with van der Waals surface area (Å²) in [6.07, 6.45) is 4.04. The first kappa shape index (κ1) is 27.9. The molecule has 0 radical (unpaired) electrons. The summed E-state index contributed by atoms with van der Waals surface area (Å²) < 4.78 is 33.1. The third kappa shape index (κ3) is 6.13. The average Bonchev–Trinajstić information content (AvgIpc) is 3.34. The lowest BCUT2D eigenvalue weighted by Gasteiger charge is -2.18. The van der Waals surface area contributed by atoms with Gasteiger partial charge in [-0.05, 0) is 55.4 Å². The van der Waals surface area contributed by atoms with E-state index in [9.17, 15) is 22.8 Å². The van der Waals surface area contributed by atoms with Gasteiger partial charge in [0, 0.05) is 11.4 Å². The minimum absolute atomic E-state index is 0.276. The van der Waals surface area contributed by atoms with Gasteiger partial charge in [-0.1, -0.05) is 30.4 Å². The lowest BCUT2D eigenvalue weighted by molar-refractivity contribution is -0.115. The molecule has 9 nitrogen and oxygen atoms in total. The van der Waals surface area contributed by atoms with Crippen molar-refractivity contribution in [1.82, 2.24) is 4.57 Å². The number of hydrogen-bond acceptors (Lipinski definition) is 8. The highest BCUT2D eigenvalue weighted by atomic mass is 32.2. The van der Waals surface area contributed by atoms with E-state index >= 15 is 0 Å². The van der Waals surface area contributed by atoms with Crippen LogP contribution in [0.25, 0.3) is 10.2 Å². The zero-order chi connectivity index (χ0) is 27.6. The van der Waals surface area contributed by atoms with Crippen LogP contribution in [0, 0.1) is 12.8 Å². The van der Waals surface area contributed by atoms with Crippen LogP contribution >= 0.6 is 22.7 Å². The molecule has 1 atom stereocenters. The molecule has 2 heterocycles. The normalized spacial score (nSPS) is 15.8. The summed E-state index contributed by atoms with van der Waals surface area (Å²) in [5.74, 6) is -3.64. The van der Waals surface area contributed by atoms with Crippen LogP contribution in [-0.2, 0) is 43.5 Å². The second-order valence-corrected chi connectivity index (χ2v) is 13.6. The Morgan fingerprint density at radius 3 is 2.74 bits per heavy atom. The Kier molecular flexibility index (Phi) is 8.34. The molecule has 1 aromatic carbocycles.